The molecular weight excluding hydrogens is 486 g/mol. The van der Waals surface area contributed by atoms with Crippen LogP contribution < -0.4 is 20.1 Å². The number of methoxy groups -OCH3 is 1. The molecule has 2 amide bonds. The van der Waals surface area contributed by atoms with Gasteiger partial charge in [-0.2, -0.15) is 8.42 Å². The van der Waals surface area contributed by atoms with Crippen molar-refractivity contribution in [3.05, 3.63) is 42.5 Å². The van der Waals surface area contributed by atoms with Gasteiger partial charge in [0.15, 0.2) is 0 Å². The number of urea groups is 1. The normalized spacial score (nSPS) is 13.9. The summed E-state index contributed by atoms with van der Waals surface area (Å²) in [6, 6.07) is 11.0. The van der Waals surface area contributed by atoms with Crippen molar-refractivity contribution in [1.82, 2.24) is 15.3 Å². The average Bonchev–Trinajstić information content (AvgIpc) is 3.51. The number of aromatic amines is 1. The maximum absolute atomic E-state index is 12.8. The number of imidazole rings is 1. The Morgan fingerprint density at radius 1 is 1.11 bits per heavy atom. The molecule has 4 rings (SSSR count). The molecule has 2 aromatic carbocycles. The summed E-state index contributed by atoms with van der Waals surface area (Å²) >= 11 is 0. The number of rotatable bonds is 10. The summed E-state index contributed by atoms with van der Waals surface area (Å²) in [6.07, 6.45) is 5.31. The predicted octanol–water partition coefficient (Wildman–Crippen LogP) is 3.76. The van der Waals surface area contributed by atoms with Gasteiger partial charge in [-0.3, -0.25) is 10.1 Å². The molecule has 4 N–H and O–H groups in total. The minimum absolute atomic E-state index is 0.0513. The Hall–Kier alpha value is -3.80. The highest BCUT2D eigenvalue weighted by Gasteiger charge is 2.19. The second-order valence-corrected chi connectivity index (χ2v) is 10.1. The molecule has 0 radical (unpaired) electrons. The topological polar surface area (TPSA) is 152 Å². The van der Waals surface area contributed by atoms with E-state index in [1.54, 1.807) is 18.2 Å². The van der Waals surface area contributed by atoms with E-state index in [9.17, 15) is 18.0 Å². The molecule has 192 valence electrons. The molecule has 1 saturated carbocycles. The summed E-state index contributed by atoms with van der Waals surface area (Å²) in [5.41, 5.74) is 1.88. The molecule has 11 nitrogen and oxygen atoms in total. The van der Waals surface area contributed by atoms with Gasteiger partial charge in [-0.1, -0.05) is 12.8 Å². The molecule has 0 saturated heterocycles. The third-order valence-corrected chi connectivity index (χ3v) is 7.09. The zero-order chi connectivity index (χ0) is 25.5. The van der Waals surface area contributed by atoms with E-state index in [1.165, 1.54) is 44.2 Å². The molecule has 36 heavy (non-hydrogen) atoms. The first-order valence-electron chi connectivity index (χ1n) is 11.7. The highest BCUT2D eigenvalue weighted by atomic mass is 32.2. The SMILES string of the molecule is COC(=O)CCCNC(=O)Nc1nc2ccc(OS(=O)(=O)c3ccc(NC4CCCC4)cc3)cc2[nH]1. The van der Waals surface area contributed by atoms with Gasteiger partial charge in [0.2, 0.25) is 5.95 Å². The van der Waals surface area contributed by atoms with Gasteiger partial charge in [0.25, 0.3) is 0 Å². The predicted molar refractivity (Wildman–Crippen MR) is 134 cm³/mol. The molecule has 12 heteroatoms. The van der Waals surface area contributed by atoms with Crippen molar-refractivity contribution in [1.29, 1.82) is 0 Å². The highest BCUT2D eigenvalue weighted by molar-refractivity contribution is 7.87. The molecule has 1 aliphatic rings. The van der Waals surface area contributed by atoms with Crippen LogP contribution in [0.15, 0.2) is 47.4 Å². The van der Waals surface area contributed by atoms with Crippen molar-refractivity contribution < 1.29 is 26.9 Å². The fourth-order valence-corrected chi connectivity index (χ4v) is 4.91. The lowest BCUT2D eigenvalue weighted by Crippen LogP contribution is -2.30. The van der Waals surface area contributed by atoms with Gasteiger partial charge >= 0.3 is 22.1 Å². The standard InChI is InChI=1S/C24H29N5O6S/c1-34-22(30)7-4-14-25-24(31)29-23-27-20-13-10-18(15-21(20)28-23)35-36(32,33)19-11-8-17(9-12-19)26-16-5-2-3-6-16/h8-13,15-16,26H,2-7,14H2,1H3,(H3,25,27,28,29,31). The van der Waals surface area contributed by atoms with E-state index >= 15 is 0 Å². The summed E-state index contributed by atoms with van der Waals surface area (Å²) in [5.74, 6) is -0.0539. The minimum atomic E-state index is -4.03. The van der Waals surface area contributed by atoms with Gasteiger partial charge in [-0.15, -0.1) is 0 Å². The Morgan fingerprint density at radius 3 is 2.58 bits per heavy atom. The summed E-state index contributed by atoms with van der Waals surface area (Å²) in [7, 11) is -2.73. The lowest BCUT2D eigenvalue weighted by atomic mass is 10.2. The first kappa shape index (κ1) is 25.3. The van der Waals surface area contributed by atoms with E-state index in [4.69, 9.17) is 4.18 Å². The number of anilines is 2. The Labute approximate surface area is 209 Å². The summed E-state index contributed by atoms with van der Waals surface area (Å²) in [5, 5.41) is 8.60. The largest absolute Gasteiger partial charge is 0.469 e. The van der Waals surface area contributed by atoms with Crippen molar-refractivity contribution >= 4 is 44.8 Å². The molecule has 0 unspecified atom stereocenters. The second-order valence-electron chi connectivity index (χ2n) is 8.51. The monoisotopic (exact) mass is 515 g/mol. The molecule has 0 bridgehead atoms. The number of hydrogen-bond donors (Lipinski definition) is 4. The van der Waals surface area contributed by atoms with Crippen LogP contribution in [0.1, 0.15) is 38.5 Å². The van der Waals surface area contributed by atoms with Crippen LogP contribution in [-0.4, -0.2) is 50.1 Å². The van der Waals surface area contributed by atoms with Crippen LogP contribution in [0.5, 0.6) is 5.75 Å². The number of benzene rings is 2. The Bertz CT molecular complexity index is 1320. The molecule has 3 aromatic rings. The quantitative estimate of drug-likeness (QED) is 0.181. The maximum atomic E-state index is 12.8. The van der Waals surface area contributed by atoms with E-state index in [-0.39, 0.29) is 35.5 Å². The third kappa shape index (κ3) is 6.66. The van der Waals surface area contributed by atoms with E-state index in [0.717, 1.165) is 18.5 Å². The van der Waals surface area contributed by atoms with Crippen LogP contribution in [-0.2, 0) is 19.6 Å². The molecular formula is C24H29N5O6S. The van der Waals surface area contributed by atoms with E-state index in [2.05, 4.69) is 30.7 Å². The van der Waals surface area contributed by atoms with Gasteiger partial charge < -0.3 is 24.5 Å². The number of aromatic nitrogens is 2. The average molecular weight is 516 g/mol. The number of nitrogens with zero attached hydrogens (tertiary/aromatic N) is 1. The number of hydrogen-bond acceptors (Lipinski definition) is 8. The van der Waals surface area contributed by atoms with Gasteiger partial charge in [0.1, 0.15) is 10.6 Å². The van der Waals surface area contributed by atoms with Crippen molar-refractivity contribution in [2.45, 2.75) is 49.5 Å². The lowest BCUT2D eigenvalue weighted by Gasteiger charge is -2.14. The Balaban J connectivity index is 1.34. The maximum Gasteiger partial charge on any atom is 0.339 e. The number of amides is 2. The summed E-state index contributed by atoms with van der Waals surface area (Å²) in [6.45, 7) is 0.286. The summed E-state index contributed by atoms with van der Waals surface area (Å²) < 4.78 is 35.4. The van der Waals surface area contributed by atoms with Crippen LogP contribution >= 0.6 is 0 Å². The van der Waals surface area contributed by atoms with Crippen molar-refractivity contribution in [3.8, 4) is 5.75 Å². The number of nitrogens with one attached hydrogen (secondary N) is 4. The Morgan fingerprint density at radius 2 is 1.86 bits per heavy atom. The zero-order valence-electron chi connectivity index (χ0n) is 19.9. The van der Waals surface area contributed by atoms with Gasteiger partial charge in [0.05, 0.1) is 18.1 Å². The van der Waals surface area contributed by atoms with Gasteiger partial charge in [-0.05, 0) is 55.7 Å². The second kappa shape index (κ2) is 11.3. The number of esters is 1. The highest BCUT2D eigenvalue weighted by Crippen LogP contribution is 2.26. The summed E-state index contributed by atoms with van der Waals surface area (Å²) in [4.78, 5) is 30.3. The van der Waals surface area contributed by atoms with E-state index < -0.39 is 16.1 Å². The number of ether oxygens (including phenoxy) is 1. The van der Waals surface area contributed by atoms with Gasteiger partial charge in [0, 0.05) is 30.8 Å². The smallest absolute Gasteiger partial charge is 0.339 e. The van der Waals surface area contributed by atoms with Crippen molar-refractivity contribution in [2.75, 3.05) is 24.3 Å². The molecule has 0 aliphatic heterocycles. The fourth-order valence-electron chi connectivity index (χ4n) is 3.99. The number of carbonyl (C=O) groups is 2. The first-order chi connectivity index (χ1) is 17.3. The zero-order valence-corrected chi connectivity index (χ0v) is 20.7. The van der Waals surface area contributed by atoms with Crippen LogP contribution in [0, 0.1) is 0 Å². The number of H-pyrrole nitrogens is 1. The third-order valence-electron chi connectivity index (χ3n) is 5.83. The number of carbonyl (C=O) groups excluding carboxylic acids is 2. The Kier molecular flexibility index (Phi) is 7.93. The van der Waals surface area contributed by atoms with Crippen LogP contribution in [0.3, 0.4) is 0 Å². The van der Waals surface area contributed by atoms with Crippen molar-refractivity contribution in [3.63, 3.8) is 0 Å². The van der Waals surface area contributed by atoms with Crippen molar-refractivity contribution in [2.24, 2.45) is 0 Å². The molecule has 1 aromatic heterocycles. The first-order valence-corrected chi connectivity index (χ1v) is 13.2. The molecule has 0 atom stereocenters. The molecule has 0 spiro atoms. The molecule has 1 fully saturated rings. The molecule has 1 heterocycles. The van der Waals surface area contributed by atoms with E-state index in [0.29, 0.717) is 23.5 Å². The van der Waals surface area contributed by atoms with Gasteiger partial charge in [-0.25, -0.2) is 9.78 Å². The van der Waals surface area contributed by atoms with Crippen LogP contribution in [0.25, 0.3) is 11.0 Å². The van der Waals surface area contributed by atoms with Crippen LogP contribution in [0.2, 0.25) is 0 Å². The fraction of sp³-hybridized carbons (Fsp3) is 0.375. The van der Waals surface area contributed by atoms with E-state index in [1.807, 2.05) is 0 Å². The minimum Gasteiger partial charge on any atom is -0.469 e. The molecule has 1 aliphatic carbocycles. The number of fused-ring (bicyclic) bond motifs is 1. The van der Waals surface area contributed by atoms with Crippen LogP contribution in [0.4, 0.5) is 16.4 Å². The lowest BCUT2D eigenvalue weighted by molar-refractivity contribution is -0.140.